The summed E-state index contributed by atoms with van der Waals surface area (Å²) in [5.74, 6) is 0.244. The molecule has 0 spiro atoms. The van der Waals surface area contributed by atoms with Crippen molar-refractivity contribution in [2.45, 2.75) is 31.7 Å². The van der Waals surface area contributed by atoms with Crippen LogP contribution in [0.5, 0.6) is 0 Å². The molecule has 1 atom stereocenters. The van der Waals surface area contributed by atoms with Gasteiger partial charge >= 0.3 is 0 Å². The summed E-state index contributed by atoms with van der Waals surface area (Å²) in [4.78, 5) is 14.9. The van der Waals surface area contributed by atoms with Crippen LogP contribution in [0.2, 0.25) is 0 Å². The van der Waals surface area contributed by atoms with E-state index in [9.17, 15) is 4.79 Å². The summed E-state index contributed by atoms with van der Waals surface area (Å²) in [6.45, 7) is 1.80. The Morgan fingerprint density at radius 1 is 1.04 bits per heavy atom. The summed E-state index contributed by atoms with van der Waals surface area (Å²) in [6.07, 6.45) is 4.14. The van der Waals surface area contributed by atoms with Crippen LogP contribution >= 0.6 is 0 Å². The van der Waals surface area contributed by atoms with Crippen molar-refractivity contribution < 1.29 is 4.79 Å². The molecule has 23 heavy (non-hydrogen) atoms. The van der Waals surface area contributed by atoms with Crippen molar-refractivity contribution in [2.24, 2.45) is 0 Å². The third kappa shape index (κ3) is 2.66. The van der Waals surface area contributed by atoms with Crippen LogP contribution < -0.4 is 10.2 Å². The Balaban J connectivity index is 1.73. The highest BCUT2D eigenvalue weighted by atomic mass is 16.2. The fourth-order valence-corrected chi connectivity index (χ4v) is 3.83. The van der Waals surface area contributed by atoms with Gasteiger partial charge in [0.1, 0.15) is 0 Å². The second kappa shape index (κ2) is 6.17. The Hall–Kier alpha value is -2.13. The van der Waals surface area contributed by atoms with Crippen LogP contribution in [0.4, 0.5) is 5.69 Å². The first-order valence-corrected chi connectivity index (χ1v) is 8.56. The zero-order valence-electron chi connectivity index (χ0n) is 13.3. The van der Waals surface area contributed by atoms with Gasteiger partial charge in [-0.3, -0.25) is 4.79 Å². The lowest BCUT2D eigenvalue weighted by Gasteiger charge is -2.32. The number of benzene rings is 2. The number of fused-ring (bicyclic) bond motifs is 1. The second-order valence-corrected chi connectivity index (χ2v) is 6.41. The van der Waals surface area contributed by atoms with Gasteiger partial charge in [0.15, 0.2) is 0 Å². The lowest BCUT2D eigenvalue weighted by Crippen LogP contribution is -2.45. The number of nitrogens with zero attached hydrogens (tertiary/aromatic N) is 1. The van der Waals surface area contributed by atoms with Crippen molar-refractivity contribution in [1.82, 2.24) is 5.32 Å². The van der Waals surface area contributed by atoms with Crippen LogP contribution in [0.15, 0.2) is 48.5 Å². The van der Waals surface area contributed by atoms with Gasteiger partial charge in [-0.1, -0.05) is 42.5 Å². The molecule has 0 radical (unpaired) electrons. The van der Waals surface area contributed by atoms with Crippen molar-refractivity contribution in [3.8, 4) is 11.1 Å². The van der Waals surface area contributed by atoms with Crippen molar-refractivity contribution >= 4 is 11.6 Å². The van der Waals surface area contributed by atoms with Gasteiger partial charge in [-0.15, -0.1) is 0 Å². The first-order chi connectivity index (χ1) is 11.3. The molecule has 1 saturated heterocycles. The van der Waals surface area contributed by atoms with Crippen molar-refractivity contribution in [1.29, 1.82) is 0 Å². The number of nitrogens with one attached hydrogen (secondary N) is 1. The number of amides is 1. The fraction of sp³-hybridized carbons (Fsp3) is 0.350. The fourth-order valence-electron chi connectivity index (χ4n) is 3.83. The maximum atomic E-state index is 12.9. The van der Waals surface area contributed by atoms with Gasteiger partial charge in [0.05, 0.1) is 6.04 Å². The molecule has 3 nitrogen and oxygen atoms in total. The Labute approximate surface area is 137 Å². The molecule has 1 fully saturated rings. The van der Waals surface area contributed by atoms with E-state index in [4.69, 9.17) is 0 Å². The molecular formula is C20H22N2O. The Kier molecular flexibility index (Phi) is 3.88. The van der Waals surface area contributed by atoms with E-state index in [-0.39, 0.29) is 11.9 Å². The van der Waals surface area contributed by atoms with E-state index >= 15 is 0 Å². The molecule has 1 amide bonds. The molecule has 118 valence electrons. The molecule has 0 saturated carbocycles. The second-order valence-electron chi connectivity index (χ2n) is 6.41. The lowest BCUT2D eigenvalue weighted by molar-refractivity contribution is -0.120. The van der Waals surface area contributed by atoms with E-state index < -0.39 is 0 Å². The number of anilines is 1. The predicted octanol–water partition coefficient (Wildman–Crippen LogP) is 3.38. The van der Waals surface area contributed by atoms with Crippen LogP contribution in [0.25, 0.3) is 11.1 Å². The first-order valence-electron chi connectivity index (χ1n) is 8.56. The summed E-state index contributed by atoms with van der Waals surface area (Å²) in [5, 5.41) is 3.34. The average Bonchev–Trinajstić information content (AvgIpc) is 3.15. The highest BCUT2D eigenvalue weighted by molar-refractivity contribution is 5.99. The van der Waals surface area contributed by atoms with Gasteiger partial charge in [-0.05, 0) is 55.0 Å². The van der Waals surface area contributed by atoms with Gasteiger partial charge in [0.25, 0.3) is 0 Å². The minimum Gasteiger partial charge on any atom is -0.311 e. The van der Waals surface area contributed by atoms with Gasteiger partial charge in [-0.25, -0.2) is 0 Å². The van der Waals surface area contributed by atoms with E-state index in [1.807, 2.05) is 11.0 Å². The Morgan fingerprint density at radius 3 is 2.70 bits per heavy atom. The van der Waals surface area contributed by atoms with Crippen molar-refractivity contribution in [2.75, 3.05) is 18.0 Å². The highest BCUT2D eigenvalue weighted by Gasteiger charge is 2.31. The number of rotatable bonds is 2. The average molecular weight is 306 g/mol. The summed E-state index contributed by atoms with van der Waals surface area (Å²) < 4.78 is 0. The summed E-state index contributed by atoms with van der Waals surface area (Å²) in [6, 6.07) is 16.8. The molecule has 0 aliphatic carbocycles. The third-order valence-corrected chi connectivity index (χ3v) is 4.96. The SMILES string of the molecule is O=C(C1CCCN1)N1CCCc2c(-c3ccccc3)cccc21. The molecule has 2 aliphatic heterocycles. The van der Waals surface area contributed by atoms with E-state index in [1.165, 1.54) is 16.7 Å². The summed E-state index contributed by atoms with van der Waals surface area (Å²) in [5.41, 5.74) is 4.92. The first kappa shape index (κ1) is 14.5. The zero-order valence-corrected chi connectivity index (χ0v) is 13.3. The van der Waals surface area contributed by atoms with Crippen LogP contribution in [0, 0.1) is 0 Å². The topological polar surface area (TPSA) is 32.3 Å². The molecule has 1 N–H and O–H groups in total. The largest absolute Gasteiger partial charge is 0.311 e. The minimum absolute atomic E-state index is 0.00123. The van der Waals surface area contributed by atoms with Gasteiger partial charge in [-0.2, -0.15) is 0 Å². The molecular weight excluding hydrogens is 284 g/mol. The number of hydrogen-bond donors (Lipinski definition) is 1. The highest BCUT2D eigenvalue weighted by Crippen LogP contribution is 2.35. The van der Waals surface area contributed by atoms with Crippen molar-refractivity contribution in [3.63, 3.8) is 0 Å². The smallest absolute Gasteiger partial charge is 0.244 e. The number of carbonyl (C=O) groups excluding carboxylic acids is 1. The van der Waals surface area contributed by atoms with Gasteiger partial charge in [0, 0.05) is 12.2 Å². The Morgan fingerprint density at radius 2 is 1.91 bits per heavy atom. The standard InChI is InChI=1S/C20H22N2O/c23-20(18-11-5-13-21-18)22-14-6-10-17-16(9-4-12-19(17)22)15-7-2-1-3-8-15/h1-4,7-9,12,18,21H,5-6,10-11,13-14H2. The zero-order chi connectivity index (χ0) is 15.6. The number of carbonyl (C=O) groups is 1. The Bertz CT molecular complexity index is 705. The molecule has 3 heteroatoms. The predicted molar refractivity (Wildman–Crippen MR) is 93.6 cm³/mol. The maximum absolute atomic E-state index is 12.9. The van der Waals surface area contributed by atoms with Crippen LogP contribution in [0.1, 0.15) is 24.8 Å². The lowest BCUT2D eigenvalue weighted by atomic mass is 9.92. The van der Waals surface area contributed by atoms with Gasteiger partial charge < -0.3 is 10.2 Å². The molecule has 1 unspecified atom stereocenters. The normalized spacial score (nSPS) is 20.3. The molecule has 4 rings (SSSR count). The van der Waals surface area contributed by atoms with E-state index in [1.54, 1.807) is 0 Å². The third-order valence-electron chi connectivity index (χ3n) is 4.96. The van der Waals surface area contributed by atoms with E-state index in [0.29, 0.717) is 0 Å². The molecule has 2 aliphatic rings. The molecule has 2 aromatic rings. The van der Waals surface area contributed by atoms with E-state index in [2.05, 4.69) is 47.8 Å². The van der Waals surface area contributed by atoms with Gasteiger partial charge in [0.2, 0.25) is 5.91 Å². The quantitative estimate of drug-likeness (QED) is 0.922. The summed E-state index contributed by atoms with van der Waals surface area (Å²) >= 11 is 0. The van der Waals surface area contributed by atoms with Crippen LogP contribution in [0.3, 0.4) is 0 Å². The van der Waals surface area contributed by atoms with E-state index in [0.717, 1.165) is 44.5 Å². The van der Waals surface area contributed by atoms with Crippen LogP contribution in [-0.4, -0.2) is 25.0 Å². The molecule has 2 aromatic carbocycles. The molecule has 2 heterocycles. The molecule has 0 bridgehead atoms. The maximum Gasteiger partial charge on any atom is 0.244 e. The molecule has 0 aromatic heterocycles. The minimum atomic E-state index is 0.00123. The number of hydrogen-bond acceptors (Lipinski definition) is 2. The summed E-state index contributed by atoms with van der Waals surface area (Å²) in [7, 11) is 0. The monoisotopic (exact) mass is 306 g/mol. The van der Waals surface area contributed by atoms with Crippen molar-refractivity contribution in [3.05, 3.63) is 54.1 Å². The van der Waals surface area contributed by atoms with Crippen LogP contribution in [-0.2, 0) is 11.2 Å².